The first-order valence-corrected chi connectivity index (χ1v) is 13.5. The second-order valence-corrected chi connectivity index (χ2v) is 10.2. The van der Waals surface area contributed by atoms with Gasteiger partial charge in [-0.1, -0.05) is 80.2 Å². The first kappa shape index (κ1) is 25.7. The summed E-state index contributed by atoms with van der Waals surface area (Å²) in [7, 11) is 1.34. The fourth-order valence-corrected chi connectivity index (χ4v) is 5.56. The van der Waals surface area contributed by atoms with Crippen LogP contribution in [0.4, 0.5) is 5.00 Å². The number of ether oxygens (including phenoxy) is 1. The summed E-state index contributed by atoms with van der Waals surface area (Å²) >= 11 is 2.61. The number of thiophene rings is 1. The summed E-state index contributed by atoms with van der Waals surface area (Å²) in [4.78, 5) is 25.4. The van der Waals surface area contributed by atoms with Gasteiger partial charge in [0, 0.05) is 23.1 Å². The number of carbonyl (C=O) groups is 2. The van der Waals surface area contributed by atoms with Crippen LogP contribution in [-0.2, 0) is 16.1 Å². The molecule has 0 radical (unpaired) electrons. The molecule has 0 aliphatic carbocycles. The summed E-state index contributed by atoms with van der Waals surface area (Å²) < 4.78 is 6.99. The Morgan fingerprint density at radius 2 is 1.78 bits per heavy atom. The molecule has 2 heterocycles. The molecule has 0 fully saturated rings. The molecule has 0 aliphatic heterocycles. The maximum atomic E-state index is 12.8. The van der Waals surface area contributed by atoms with Crippen molar-refractivity contribution in [2.45, 2.75) is 38.4 Å². The molecule has 0 saturated carbocycles. The highest BCUT2D eigenvalue weighted by Gasteiger charge is 2.23. The zero-order valence-electron chi connectivity index (χ0n) is 20.6. The Balaban J connectivity index is 1.48. The van der Waals surface area contributed by atoms with E-state index in [9.17, 15) is 9.59 Å². The molecule has 36 heavy (non-hydrogen) atoms. The normalized spacial score (nSPS) is 11.0. The van der Waals surface area contributed by atoms with Gasteiger partial charge in [-0.15, -0.1) is 21.5 Å². The SMILES string of the molecule is CCn1c(SCC(=O)Nc2scc(-c3ccccc3)c2C(=O)OC)nnc1-c1ccc(C(C)C)cc1. The lowest BCUT2D eigenvalue weighted by Gasteiger charge is -2.10. The Bertz CT molecular complexity index is 1350. The van der Waals surface area contributed by atoms with Gasteiger partial charge in [-0.25, -0.2) is 4.79 Å². The largest absolute Gasteiger partial charge is 0.465 e. The molecule has 0 bridgehead atoms. The van der Waals surface area contributed by atoms with Crippen molar-refractivity contribution in [2.75, 3.05) is 18.2 Å². The number of benzene rings is 2. The third-order valence-electron chi connectivity index (χ3n) is 5.72. The van der Waals surface area contributed by atoms with Crippen molar-refractivity contribution in [1.29, 1.82) is 0 Å². The monoisotopic (exact) mass is 520 g/mol. The van der Waals surface area contributed by atoms with E-state index in [0.717, 1.165) is 22.5 Å². The van der Waals surface area contributed by atoms with Crippen LogP contribution in [-0.4, -0.2) is 39.5 Å². The van der Waals surface area contributed by atoms with Crippen LogP contribution in [0.2, 0.25) is 0 Å². The lowest BCUT2D eigenvalue weighted by molar-refractivity contribution is -0.113. The summed E-state index contributed by atoms with van der Waals surface area (Å²) in [5.74, 6) is 0.634. The molecule has 9 heteroatoms. The van der Waals surface area contributed by atoms with Gasteiger partial charge in [-0.05, 0) is 24.0 Å². The van der Waals surface area contributed by atoms with Crippen LogP contribution >= 0.6 is 23.1 Å². The van der Waals surface area contributed by atoms with Gasteiger partial charge in [0.05, 0.1) is 12.9 Å². The van der Waals surface area contributed by atoms with Gasteiger partial charge in [-0.3, -0.25) is 4.79 Å². The Morgan fingerprint density at radius 1 is 1.06 bits per heavy atom. The van der Waals surface area contributed by atoms with Crippen molar-refractivity contribution < 1.29 is 14.3 Å². The van der Waals surface area contributed by atoms with E-state index in [0.29, 0.717) is 28.2 Å². The average molecular weight is 521 g/mol. The van der Waals surface area contributed by atoms with Crippen molar-refractivity contribution in [2.24, 2.45) is 0 Å². The van der Waals surface area contributed by atoms with Gasteiger partial charge in [0.25, 0.3) is 0 Å². The number of rotatable bonds is 9. The summed E-state index contributed by atoms with van der Waals surface area (Å²) in [6.45, 7) is 7.03. The Kier molecular flexibility index (Phi) is 8.22. The highest BCUT2D eigenvalue weighted by molar-refractivity contribution is 7.99. The molecule has 0 spiro atoms. The van der Waals surface area contributed by atoms with Crippen molar-refractivity contribution in [3.63, 3.8) is 0 Å². The molecular weight excluding hydrogens is 492 g/mol. The third-order valence-corrected chi connectivity index (χ3v) is 7.58. The molecule has 1 amide bonds. The third kappa shape index (κ3) is 5.52. The lowest BCUT2D eigenvalue weighted by atomic mass is 10.0. The number of carbonyl (C=O) groups excluding carboxylic acids is 2. The van der Waals surface area contributed by atoms with Gasteiger partial charge in [0.1, 0.15) is 10.6 Å². The Hall–Kier alpha value is -3.43. The fourth-order valence-electron chi connectivity index (χ4n) is 3.79. The predicted octanol–water partition coefficient (Wildman–Crippen LogP) is 6.33. The van der Waals surface area contributed by atoms with Crippen LogP contribution in [0.3, 0.4) is 0 Å². The number of thioether (sulfide) groups is 1. The number of hydrogen-bond acceptors (Lipinski definition) is 7. The number of anilines is 1. The quantitative estimate of drug-likeness (QED) is 0.205. The minimum absolute atomic E-state index is 0.129. The zero-order valence-corrected chi connectivity index (χ0v) is 22.3. The van der Waals surface area contributed by atoms with Gasteiger partial charge >= 0.3 is 5.97 Å². The predicted molar refractivity (Wildman–Crippen MR) is 146 cm³/mol. The Morgan fingerprint density at radius 3 is 2.42 bits per heavy atom. The first-order valence-electron chi connectivity index (χ1n) is 11.6. The van der Waals surface area contributed by atoms with E-state index >= 15 is 0 Å². The maximum Gasteiger partial charge on any atom is 0.341 e. The molecule has 0 aliphatic rings. The van der Waals surface area contributed by atoms with Gasteiger partial charge in [0.2, 0.25) is 5.91 Å². The first-order chi connectivity index (χ1) is 17.4. The number of hydrogen-bond donors (Lipinski definition) is 1. The standard InChI is InChI=1S/C27H28N4O3S2/c1-5-31-24(20-13-11-18(12-14-20)17(2)3)29-30-27(31)36-16-22(32)28-25-23(26(33)34-4)21(15-35-25)19-9-7-6-8-10-19/h6-15,17H,5,16H2,1-4H3,(H,28,32). The van der Waals surface area contributed by atoms with E-state index in [4.69, 9.17) is 4.74 Å². The van der Waals surface area contributed by atoms with Crippen LogP contribution in [0.15, 0.2) is 65.1 Å². The highest BCUT2D eigenvalue weighted by Crippen LogP contribution is 2.36. The van der Waals surface area contributed by atoms with E-state index < -0.39 is 5.97 Å². The molecule has 7 nitrogen and oxygen atoms in total. The average Bonchev–Trinajstić information content (AvgIpc) is 3.51. The molecule has 0 atom stereocenters. The van der Waals surface area contributed by atoms with E-state index in [1.165, 1.54) is 35.8 Å². The van der Waals surface area contributed by atoms with Crippen molar-refractivity contribution in [3.8, 4) is 22.5 Å². The zero-order chi connectivity index (χ0) is 25.7. The smallest absolute Gasteiger partial charge is 0.341 e. The second-order valence-electron chi connectivity index (χ2n) is 8.38. The van der Waals surface area contributed by atoms with Crippen molar-refractivity contribution in [3.05, 3.63) is 71.1 Å². The van der Waals surface area contributed by atoms with Crippen LogP contribution in [0.1, 0.15) is 42.6 Å². The number of nitrogens with zero attached hydrogens (tertiary/aromatic N) is 3. The molecule has 2 aromatic carbocycles. The number of nitrogens with one attached hydrogen (secondary N) is 1. The summed E-state index contributed by atoms with van der Waals surface area (Å²) in [5.41, 5.74) is 4.22. The molecule has 4 rings (SSSR count). The molecule has 0 unspecified atom stereocenters. The number of esters is 1. The number of methoxy groups -OCH3 is 1. The van der Waals surface area contributed by atoms with Crippen LogP contribution in [0, 0.1) is 0 Å². The topological polar surface area (TPSA) is 86.1 Å². The molecular formula is C27H28N4O3S2. The van der Waals surface area contributed by atoms with Gasteiger partial charge < -0.3 is 14.6 Å². The van der Waals surface area contributed by atoms with Crippen LogP contribution in [0.5, 0.6) is 0 Å². The van der Waals surface area contributed by atoms with Crippen LogP contribution in [0.25, 0.3) is 22.5 Å². The van der Waals surface area contributed by atoms with Crippen molar-refractivity contribution in [1.82, 2.24) is 14.8 Å². The lowest BCUT2D eigenvalue weighted by Crippen LogP contribution is -2.16. The minimum atomic E-state index is -0.489. The summed E-state index contributed by atoms with van der Waals surface area (Å²) in [5, 5.41) is 14.6. The number of amides is 1. The molecule has 186 valence electrons. The van der Waals surface area contributed by atoms with E-state index in [-0.39, 0.29) is 11.7 Å². The number of aromatic nitrogens is 3. The van der Waals surface area contributed by atoms with E-state index in [1.54, 1.807) is 0 Å². The molecule has 4 aromatic rings. The molecule has 1 N–H and O–H groups in total. The van der Waals surface area contributed by atoms with E-state index in [1.807, 2.05) is 47.2 Å². The maximum absolute atomic E-state index is 12.8. The minimum Gasteiger partial charge on any atom is -0.465 e. The summed E-state index contributed by atoms with van der Waals surface area (Å²) in [6, 6.07) is 17.9. The fraction of sp³-hybridized carbons (Fsp3) is 0.259. The van der Waals surface area contributed by atoms with E-state index in [2.05, 4.69) is 53.6 Å². The van der Waals surface area contributed by atoms with Crippen LogP contribution < -0.4 is 5.32 Å². The van der Waals surface area contributed by atoms with Gasteiger partial charge in [0.15, 0.2) is 11.0 Å². The second kappa shape index (κ2) is 11.5. The van der Waals surface area contributed by atoms with Crippen molar-refractivity contribution >= 4 is 40.0 Å². The van der Waals surface area contributed by atoms with Gasteiger partial charge in [-0.2, -0.15) is 0 Å². The summed E-state index contributed by atoms with van der Waals surface area (Å²) in [6.07, 6.45) is 0. The highest BCUT2D eigenvalue weighted by atomic mass is 32.2. The molecule has 2 aromatic heterocycles. The Labute approximate surface area is 218 Å². The molecule has 0 saturated heterocycles.